The lowest BCUT2D eigenvalue weighted by Crippen LogP contribution is -2.51. The molecule has 0 radical (unpaired) electrons. The summed E-state index contributed by atoms with van der Waals surface area (Å²) in [6.07, 6.45) is -0.217. The average Bonchev–Trinajstić information content (AvgIpc) is 3.07. The molecule has 1 saturated heterocycles. The average molecular weight is 358 g/mol. The molecule has 0 unspecified atom stereocenters. The molecule has 1 fully saturated rings. The Balaban J connectivity index is 1.72. The molecule has 1 aromatic heterocycles. The van der Waals surface area contributed by atoms with Gasteiger partial charge >= 0.3 is 5.63 Å². The van der Waals surface area contributed by atoms with E-state index in [0.717, 1.165) is 18.7 Å². The molecule has 0 N–H and O–H groups in total. The second kappa shape index (κ2) is 6.97. The Labute approximate surface area is 149 Å². The first kappa shape index (κ1) is 16.9. The van der Waals surface area contributed by atoms with Gasteiger partial charge in [-0.15, -0.1) is 0 Å². The Kier molecular flexibility index (Phi) is 4.52. The fourth-order valence-corrected chi connectivity index (χ4v) is 3.38. The molecule has 3 heterocycles. The van der Waals surface area contributed by atoms with E-state index < -0.39 is 5.63 Å². The first-order valence-corrected chi connectivity index (χ1v) is 8.51. The van der Waals surface area contributed by atoms with Gasteiger partial charge in [0.15, 0.2) is 0 Å². The van der Waals surface area contributed by atoms with Crippen LogP contribution in [0.1, 0.15) is 17.4 Å². The predicted molar refractivity (Wildman–Crippen MR) is 92.4 cm³/mol. The monoisotopic (exact) mass is 358 g/mol. The van der Waals surface area contributed by atoms with Crippen molar-refractivity contribution in [2.75, 3.05) is 31.3 Å². The Morgan fingerprint density at radius 1 is 1.15 bits per heavy atom. The number of ether oxygens (including phenoxy) is 1. The third-order valence-electron chi connectivity index (χ3n) is 4.58. The molecule has 2 aliphatic heterocycles. The van der Waals surface area contributed by atoms with Gasteiger partial charge in [-0.3, -0.25) is 4.90 Å². The summed E-state index contributed by atoms with van der Waals surface area (Å²) in [6.45, 7) is 4.42. The maximum atomic E-state index is 13.3. The van der Waals surface area contributed by atoms with Gasteiger partial charge in [0.25, 0.3) is 0 Å². The molecule has 1 aromatic carbocycles. The van der Waals surface area contributed by atoms with Gasteiger partial charge in [-0.05, 0) is 24.6 Å². The van der Waals surface area contributed by atoms with Gasteiger partial charge in [-0.25, -0.2) is 14.2 Å². The molecule has 0 amide bonds. The number of benzene rings is 1. The molecule has 0 bridgehead atoms. The highest BCUT2D eigenvalue weighted by Crippen LogP contribution is 2.37. The number of anilines is 1. The van der Waals surface area contributed by atoms with Gasteiger partial charge in [0, 0.05) is 25.2 Å². The summed E-state index contributed by atoms with van der Waals surface area (Å²) >= 11 is 0. The SMILES string of the molecule is Cc1cc(N2N=N[C@@H](c3ccc(F)cc3)[C@@H]2N2CCOCC2)cc(=O)o1. The normalized spacial score (nSPS) is 23.5. The van der Waals surface area contributed by atoms with Crippen molar-refractivity contribution in [1.82, 2.24) is 4.90 Å². The van der Waals surface area contributed by atoms with Gasteiger partial charge in [0.1, 0.15) is 23.8 Å². The molecule has 2 aliphatic rings. The number of nitrogens with zero attached hydrogens (tertiary/aromatic N) is 4. The molecule has 136 valence electrons. The van der Waals surface area contributed by atoms with E-state index in [-0.39, 0.29) is 18.0 Å². The number of morpholine rings is 1. The van der Waals surface area contributed by atoms with Crippen molar-refractivity contribution < 1.29 is 13.5 Å². The maximum Gasteiger partial charge on any atom is 0.337 e. The fourth-order valence-electron chi connectivity index (χ4n) is 3.38. The molecule has 26 heavy (non-hydrogen) atoms. The Morgan fingerprint density at radius 3 is 2.58 bits per heavy atom. The Morgan fingerprint density at radius 2 is 1.88 bits per heavy atom. The van der Waals surface area contributed by atoms with Gasteiger partial charge in [-0.1, -0.05) is 17.4 Å². The van der Waals surface area contributed by atoms with E-state index in [1.54, 1.807) is 30.1 Å². The maximum absolute atomic E-state index is 13.3. The molecule has 8 heteroatoms. The van der Waals surface area contributed by atoms with Crippen molar-refractivity contribution >= 4 is 5.69 Å². The second-order valence-electron chi connectivity index (χ2n) is 6.35. The van der Waals surface area contributed by atoms with Crippen LogP contribution in [0, 0.1) is 12.7 Å². The van der Waals surface area contributed by atoms with Crippen LogP contribution >= 0.6 is 0 Å². The minimum Gasteiger partial charge on any atom is -0.428 e. The van der Waals surface area contributed by atoms with Crippen LogP contribution < -0.4 is 10.6 Å². The minimum absolute atomic E-state index is 0.217. The topological polar surface area (TPSA) is 70.6 Å². The van der Waals surface area contributed by atoms with E-state index in [1.165, 1.54) is 18.2 Å². The van der Waals surface area contributed by atoms with E-state index in [9.17, 15) is 9.18 Å². The van der Waals surface area contributed by atoms with Crippen LogP contribution in [-0.2, 0) is 4.74 Å². The van der Waals surface area contributed by atoms with Crippen molar-refractivity contribution in [3.8, 4) is 0 Å². The van der Waals surface area contributed by atoms with Crippen LogP contribution in [-0.4, -0.2) is 37.4 Å². The fraction of sp³-hybridized carbons (Fsp3) is 0.389. The number of rotatable bonds is 3. The largest absolute Gasteiger partial charge is 0.428 e. The third kappa shape index (κ3) is 3.25. The number of halogens is 1. The van der Waals surface area contributed by atoms with Crippen LogP contribution in [0.15, 0.2) is 55.9 Å². The molecular weight excluding hydrogens is 339 g/mol. The zero-order valence-electron chi connectivity index (χ0n) is 14.3. The summed E-state index contributed by atoms with van der Waals surface area (Å²) in [6, 6.07) is 9.17. The van der Waals surface area contributed by atoms with Crippen LogP contribution in [0.25, 0.3) is 0 Å². The van der Waals surface area contributed by atoms with Crippen LogP contribution in [0.3, 0.4) is 0 Å². The molecular formula is C18H19FN4O3. The van der Waals surface area contributed by atoms with Gasteiger partial charge < -0.3 is 9.15 Å². The molecule has 0 aliphatic carbocycles. The highest BCUT2D eigenvalue weighted by molar-refractivity contribution is 5.47. The molecule has 7 nitrogen and oxygen atoms in total. The molecule has 0 saturated carbocycles. The molecule has 4 rings (SSSR count). The summed E-state index contributed by atoms with van der Waals surface area (Å²) in [5, 5.41) is 10.5. The summed E-state index contributed by atoms with van der Waals surface area (Å²) in [7, 11) is 0. The Hall–Kier alpha value is -2.58. The van der Waals surface area contributed by atoms with E-state index in [0.29, 0.717) is 24.7 Å². The van der Waals surface area contributed by atoms with Crippen LogP contribution in [0.4, 0.5) is 10.1 Å². The van der Waals surface area contributed by atoms with E-state index in [2.05, 4.69) is 15.2 Å². The summed E-state index contributed by atoms with van der Waals surface area (Å²) < 4.78 is 23.8. The number of aryl methyl sites for hydroxylation is 1. The standard InChI is InChI=1S/C18H19FN4O3/c1-12-10-15(11-16(24)26-12)23-18(22-6-8-25-9-7-22)17(20-21-23)13-2-4-14(19)5-3-13/h2-5,10-11,17-18H,6-9H2,1H3/t17-,18+/m0/s1. The van der Waals surface area contributed by atoms with Crippen molar-refractivity contribution in [3.05, 3.63) is 64.0 Å². The van der Waals surface area contributed by atoms with Crippen molar-refractivity contribution in [1.29, 1.82) is 0 Å². The first-order chi connectivity index (χ1) is 12.6. The quantitative estimate of drug-likeness (QED) is 0.844. The van der Waals surface area contributed by atoms with E-state index in [4.69, 9.17) is 9.15 Å². The van der Waals surface area contributed by atoms with Crippen LogP contribution in [0.2, 0.25) is 0 Å². The third-order valence-corrected chi connectivity index (χ3v) is 4.58. The molecule has 0 spiro atoms. The zero-order chi connectivity index (χ0) is 18.1. The van der Waals surface area contributed by atoms with Crippen molar-refractivity contribution in [3.63, 3.8) is 0 Å². The predicted octanol–water partition coefficient (Wildman–Crippen LogP) is 2.67. The van der Waals surface area contributed by atoms with E-state index >= 15 is 0 Å². The van der Waals surface area contributed by atoms with Crippen molar-refractivity contribution in [2.45, 2.75) is 19.1 Å². The summed E-state index contributed by atoms with van der Waals surface area (Å²) in [5.74, 6) is 0.216. The van der Waals surface area contributed by atoms with E-state index in [1.807, 2.05) is 0 Å². The van der Waals surface area contributed by atoms with Gasteiger partial charge in [0.05, 0.1) is 18.9 Å². The van der Waals surface area contributed by atoms with Crippen LogP contribution in [0.5, 0.6) is 0 Å². The summed E-state index contributed by atoms with van der Waals surface area (Å²) in [5.41, 5.74) is 1.07. The van der Waals surface area contributed by atoms with Gasteiger partial charge in [-0.2, -0.15) is 5.11 Å². The van der Waals surface area contributed by atoms with Gasteiger partial charge in [0.2, 0.25) is 0 Å². The zero-order valence-corrected chi connectivity index (χ0v) is 14.3. The molecule has 2 atom stereocenters. The highest BCUT2D eigenvalue weighted by Gasteiger charge is 2.40. The number of hydrogen-bond donors (Lipinski definition) is 0. The first-order valence-electron chi connectivity index (χ1n) is 8.51. The lowest BCUT2D eigenvalue weighted by molar-refractivity contribution is 0.0140. The minimum atomic E-state index is -0.429. The van der Waals surface area contributed by atoms with Crippen molar-refractivity contribution in [2.24, 2.45) is 10.3 Å². The second-order valence-corrected chi connectivity index (χ2v) is 6.35. The number of hydrogen-bond acceptors (Lipinski definition) is 7. The lowest BCUT2D eigenvalue weighted by Gasteiger charge is -2.38. The smallest absolute Gasteiger partial charge is 0.337 e. The Bertz CT molecular complexity index is 861. The summed E-state index contributed by atoms with van der Waals surface area (Å²) in [4.78, 5) is 14.0. The lowest BCUT2D eigenvalue weighted by atomic mass is 10.0. The molecule has 2 aromatic rings. The highest BCUT2D eigenvalue weighted by atomic mass is 19.1.